The number of hydrogen-bond acceptors (Lipinski definition) is 3. The largest absolute Gasteiger partial charge is 0.480 e. The Hall–Kier alpha value is -1.47. The maximum atomic E-state index is 12.7. The van der Waals surface area contributed by atoms with Gasteiger partial charge in [0.1, 0.15) is 6.04 Å². The molecule has 2 N–H and O–H groups in total. The van der Waals surface area contributed by atoms with Crippen LogP contribution in [0.4, 0.5) is 18.0 Å². The quantitative estimate of drug-likeness (QED) is 0.826. The summed E-state index contributed by atoms with van der Waals surface area (Å²) in [5, 5.41) is 11.2. The highest BCUT2D eigenvalue weighted by Gasteiger charge is 2.67. The fraction of sp³-hybridized carbons (Fsp3) is 0.818. The van der Waals surface area contributed by atoms with E-state index in [0.717, 1.165) is 7.11 Å². The Kier molecular flexibility index (Phi) is 3.14. The first-order chi connectivity index (χ1) is 8.69. The summed E-state index contributed by atoms with van der Waals surface area (Å²) >= 11 is 0. The number of halogens is 3. The maximum Gasteiger partial charge on any atom is 0.407 e. The second-order valence-electron chi connectivity index (χ2n) is 5.29. The zero-order valence-electron chi connectivity index (χ0n) is 10.2. The predicted octanol–water partition coefficient (Wildman–Crippen LogP) is 1.77. The van der Waals surface area contributed by atoms with Crippen LogP contribution in [0.15, 0.2) is 0 Å². The molecule has 0 heterocycles. The Morgan fingerprint density at radius 3 is 2.32 bits per heavy atom. The molecule has 3 fully saturated rings. The molecule has 3 aliphatic carbocycles. The summed E-state index contributed by atoms with van der Waals surface area (Å²) in [7, 11) is 1.07. The third-order valence-corrected chi connectivity index (χ3v) is 4.26. The minimum atomic E-state index is -4.31. The highest BCUT2D eigenvalue weighted by molar-refractivity contribution is 5.81. The first-order valence-corrected chi connectivity index (χ1v) is 5.83. The number of aliphatic carboxylic acids is 1. The van der Waals surface area contributed by atoms with Crippen molar-refractivity contribution in [2.45, 2.75) is 31.5 Å². The van der Waals surface area contributed by atoms with Crippen molar-refractivity contribution in [3.05, 3.63) is 0 Å². The number of alkyl halides is 3. The number of hydrogen-bond donors (Lipinski definition) is 2. The molecule has 108 valence electrons. The van der Waals surface area contributed by atoms with Crippen molar-refractivity contribution < 1.29 is 32.6 Å². The van der Waals surface area contributed by atoms with Crippen molar-refractivity contribution in [2.24, 2.45) is 17.3 Å². The average molecular weight is 281 g/mol. The number of methoxy groups -OCH3 is 1. The Morgan fingerprint density at radius 2 is 1.95 bits per heavy atom. The molecule has 0 aromatic heterocycles. The predicted molar refractivity (Wildman–Crippen MR) is 56.3 cm³/mol. The van der Waals surface area contributed by atoms with Crippen molar-refractivity contribution in [1.82, 2.24) is 5.32 Å². The molecule has 2 atom stereocenters. The van der Waals surface area contributed by atoms with Gasteiger partial charge in [0.25, 0.3) is 0 Å². The number of alkyl carbamates (subject to hydrolysis) is 1. The molecule has 0 aromatic rings. The topological polar surface area (TPSA) is 75.6 Å². The Bertz CT molecular complexity index is 403. The number of ether oxygens (including phenoxy) is 1. The number of carbonyl (C=O) groups is 2. The van der Waals surface area contributed by atoms with E-state index in [9.17, 15) is 22.8 Å². The number of nitrogens with one attached hydrogen (secondary N) is 1. The van der Waals surface area contributed by atoms with Gasteiger partial charge in [0, 0.05) is 5.41 Å². The van der Waals surface area contributed by atoms with Gasteiger partial charge in [0.05, 0.1) is 13.0 Å². The minimum absolute atomic E-state index is 0.179. The van der Waals surface area contributed by atoms with E-state index in [4.69, 9.17) is 5.11 Å². The van der Waals surface area contributed by atoms with Gasteiger partial charge in [-0.3, -0.25) is 0 Å². The zero-order chi connectivity index (χ0) is 14.4. The molecule has 3 aliphatic rings. The molecule has 5 nitrogen and oxygen atoms in total. The third kappa shape index (κ3) is 2.23. The van der Waals surface area contributed by atoms with Gasteiger partial charge in [-0.2, -0.15) is 13.2 Å². The number of carboxylic acid groups (broad SMARTS) is 1. The molecular weight excluding hydrogens is 267 g/mol. The minimum Gasteiger partial charge on any atom is -0.480 e. The second-order valence-corrected chi connectivity index (χ2v) is 5.29. The van der Waals surface area contributed by atoms with Crippen LogP contribution in [0.1, 0.15) is 19.3 Å². The summed E-state index contributed by atoms with van der Waals surface area (Å²) in [5.74, 6) is -3.32. The summed E-state index contributed by atoms with van der Waals surface area (Å²) in [6.07, 6.45) is -5.14. The molecule has 0 aromatic carbocycles. The highest BCUT2D eigenvalue weighted by atomic mass is 19.4. The van der Waals surface area contributed by atoms with Crippen LogP contribution in [0.25, 0.3) is 0 Å². The molecule has 0 spiro atoms. The maximum absolute atomic E-state index is 12.7. The van der Waals surface area contributed by atoms with Crippen LogP contribution in [0, 0.1) is 17.3 Å². The monoisotopic (exact) mass is 281 g/mol. The molecule has 3 rings (SSSR count). The van der Waals surface area contributed by atoms with E-state index < -0.39 is 41.5 Å². The van der Waals surface area contributed by atoms with Crippen LogP contribution in [-0.2, 0) is 9.53 Å². The molecule has 3 saturated carbocycles. The zero-order valence-corrected chi connectivity index (χ0v) is 10.2. The summed E-state index contributed by atoms with van der Waals surface area (Å²) in [6.45, 7) is 0. The van der Waals surface area contributed by atoms with Crippen molar-refractivity contribution in [3.63, 3.8) is 0 Å². The number of carboxylic acids is 1. The Balaban J connectivity index is 2.13. The van der Waals surface area contributed by atoms with Gasteiger partial charge < -0.3 is 15.2 Å². The molecule has 0 unspecified atom stereocenters. The van der Waals surface area contributed by atoms with E-state index >= 15 is 0 Å². The van der Waals surface area contributed by atoms with Crippen LogP contribution >= 0.6 is 0 Å². The number of rotatable bonds is 3. The summed E-state index contributed by atoms with van der Waals surface area (Å²) in [5.41, 5.74) is -0.995. The van der Waals surface area contributed by atoms with Gasteiger partial charge in [0.15, 0.2) is 0 Å². The smallest absolute Gasteiger partial charge is 0.407 e. The van der Waals surface area contributed by atoms with Gasteiger partial charge in [-0.25, -0.2) is 9.59 Å². The molecule has 19 heavy (non-hydrogen) atoms. The normalized spacial score (nSPS) is 34.3. The van der Waals surface area contributed by atoms with E-state index in [1.54, 1.807) is 0 Å². The number of amides is 1. The van der Waals surface area contributed by atoms with Crippen LogP contribution in [0.2, 0.25) is 0 Å². The van der Waals surface area contributed by atoms with Crippen molar-refractivity contribution in [2.75, 3.05) is 7.11 Å². The van der Waals surface area contributed by atoms with Crippen LogP contribution in [0.5, 0.6) is 0 Å². The Labute approximate surface area is 107 Å². The van der Waals surface area contributed by atoms with Crippen LogP contribution < -0.4 is 5.32 Å². The molecular formula is C11H14F3NO4. The molecule has 0 saturated heterocycles. The molecule has 8 heteroatoms. The van der Waals surface area contributed by atoms with E-state index in [1.807, 2.05) is 0 Å². The van der Waals surface area contributed by atoms with Crippen LogP contribution in [-0.4, -0.2) is 36.5 Å². The van der Waals surface area contributed by atoms with Crippen LogP contribution in [0.3, 0.4) is 0 Å². The molecule has 1 amide bonds. The first-order valence-electron chi connectivity index (χ1n) is 5.83. The lowest BCUT2D eigenvalue weighted by Gasteiger charge is -2.42. The summed E-state index contributed by atoms with van der Waals surface area (Å²) in [4.78, 5) is 22.3. The lowest BCUT2D eigenvalue weighted by Crippen LogP contribution is -2.54. The van der Waals surface area contributed by atoms with Gasteiger partial charge in [-0.1, -0.05) is 0 Å². The van der Waals surface area contributed by atoms with E-state index in [-0.39, 0.29) is 19.3 Å². The Morgan fingerprint density at radius 1 is 1.37 bits per heavy atom. The fourth-order valence-electron chi connectivity index (χ4n) is 3.43. The van der Waals surface area contributed by atoms with Crippen molar-refractivity contribution in [3.8, 4) is 0 Å². The summed E-state index contributed by atoms with van der Waals surface area (Å²) < 4.78 is 42.5. The van der Waals surface area contributed by atoms with Crippen molar-refractivity contribution >= 4 is 12.1 Å². The lowest BCUT2D eigenvalue weighted by molar-refractivity contribution is -0.180. The van der Waals surface area contributed by atoms with E-state index in [0.29, 0.717) is 0 Å². The van der Waals surface area contributed by atoms with Gasteiger partial charge in [-0.05, 0) is 25.2 Å². The van der Waals surface area contributed by atoms with Crippen molar-refractivity contribution in [1.29, 1.82) is 0 Å². The number of carbonyl (C=O) groups excluding carboxylic acids is 1. The standard InChI is InChI=1S/C11H14F3NO4/c1-19-9(18)15-7(8(16)17)10-2-5(3-10)6(4-10)11(12,13)14/h5-7H,2-4H2,1H3,(H,15,18)(H,16,17)/t5?,6-,7+,10?/m0/s1. The van der Waals surface area contributed by atoms with E-state index in [2.05, 4.69) is 10.1 Å². The van der Waals surface area contributed by atoms with Gasteiger partial charge >= 0.3 is 18.2 Å². The average Bonchev–Trinajstić information content (AvgIpc) is 2.79. The highest BCUT2D eigenvalue weighted by Crippen LogP contribution is 2.66. The van der Waals surface area contributed by atoms with Gasteiger partial charge in [0.2, 0.25) is 0 Å². The fourth-order valence-corrected chi connectivity index (χ4v) is 3.43. The third-order valence-electron chi connectivity index (χ3n) is 4.26. The first kappa shape index (κ1) is 14.0. The molecule has 2 bridgehead atoms. The molecule has 0 aliphatic heterocycles. The van der Waals surface area contributed by atoms with Gasteiger partial charge in [-0.15, -0.1) is 0 Å². The molecule has 0 radical (unpaired) electrons. The number of fused-ring (bicyclic) bond motifs is 1. The summed E-state index contributed by atoms with van der Waals surface area (Å²) in [6, 6.07) is -1.33. The SMILES string of the molecule is COC(=O)N[C@H](C(=O)O)C12CC(C1)[C@@H](C(F)(F)F)C2. The second kappa shape index (κ2) is 4.28. The lowest BCUT2D eigenvalue weighted by atomic mass is 9.65. The van der Waals surface area contributed by atoms with E-state index in [1.165, 1.54) is 0 Å².